The van der Waals surface area contributed by atoms with Gasteiger partial charge in [-0.2, -0.15) is 4.98 Å². The Bertz CT molecular complexity index is 596. The van der Waals surface area contributed by atoms with E-state index in [0.29, 0.717) is 17.5 Å². The fourth-order valence-corrected chi connectivity index (χ4v) is 1.46. The zero-order valence-electron chi connectivity index (χ0n) is 11.6. The quantitative estimate of drug-likeness (QED) is 0.923. The van der Waals surface area contributed by atoms with Crippen LogP contribution in [0.3, 0.4) is 0 Å². The Kier molecular flexibility index (Phi) is 3.74. The minimum absolute atomic E-state index is 0.173. The van der Waals surface area contributed by atoms with Crippen LogP contribution in [0.5, 0.6) is 5.75 Å². The van der Waals surface area contributed by atoms with Gasteiger partial charge in [0.05, 0.1) is 5.56 Å². The molecule has 1 aromatic heterocycles. The maximum absolute atomic E-state index is 10.7. The fraction of sp³-hybridized carbons (Fsp3) is 0.357. The van der Waals surface area contributed by atoms with Gasteiger partial charge < -0.3 is 14.4 Å². The van der Waals surface area contributed by atoms with Crippen LogP contribution < -0.4 is 4.74 Å². The highest BCUT2D eigenvalue weighted by Gasteiger charge is 2.21. The lowest BCUT2D eigenvalue weighted by molar-refractivity contribution is 0.0697. The normalized spacial score (nSPS) is 11.3. The molecule has 1 N–H and O–H groups in total. The Labute approximate surface area is 116 Å². The number of carbonyl (C=O) groups is 1. The van der Waals surface area contributed by atoms with E-state index in [1.165, 1.54) is 12.1 Å². The molecule has 1 heterocycles. The summed E-state index contributed by atoms with van der Waals surface area (Å²) in [5.41, 5.74) is 0.0147. The minimum atomic E-state index is -0.968. The first kappa shape index (κ1) is 14.0. The van der Waals surface area contributed by atoms with E-state index in [9.17, 15) is 4.79 Å². The van der Waals surface area contributed by atoms with E-state index < -0.39 is 5.97 Å². The molecule has 1 aromatic carbocycles. The molecule has 0 spiro atoms. The van der Waals surface area contributed by atoms with Gasteiger partial charge in [0.15, 0.2) is 6.61 Å². The molecule has 0 aliphatic carbocycles. The van der Waals surface area contributed by atoms with E-state index in [-0.39, 0.29) is 17.6 Å². The number of hydrogen-bond donors (Lipinski definition) is 1. The molecule has 0 aliphatic heterocycles. The topological polar surface area (TPSA) is 85.5 Å². The Hall–Kier alpha value is -2.37. The number of benzene rings is 1. The van der Waals surface area contributed by atoms with E-state index in [2.05, 4.69) is 10.1 Å². The lowest BCUT2D eigenvalue weighted by Crippen LogP contribution is -2.11. The Morgan fingerprint density at radius 3 is 2.45 bits per heavy atom. The van der Waals surface area contributed by atoms with E-state index in [4.69, 9.17) is 14.4 Å². The molecule has 106 valence electrons. The molecule has 0 aliphatic rings. The Morgan fingerprint density at radius 1 is 1.30 bits per heavy atom. The van der Waals surface area contributed by atoms with Crippen LogP contribution in [0.2, 0.25) is 0 Å². The van der Waals surface area contributed by atoms with Gasteiger partial charge in [-0.25, -0.2) is 4.79 Å². The minimum Gasteiger partial charge on any atom is -0.485 e. The fourth-order valence-electron chi connectivity index (χ4n) is 1.46. The van der Waals surface area contributed by atoms with Crippen LogP contribution in [0, 0.1) is 0 Å². The zero-order chi connectivity index (χ0) is 14.8. The largest absolute Gasteiger partial charge is 0.485 e. The first-order valence-corrected chi connectivity index (χ1v) is 6.15. The number of nitrogens with zero attached hydrogens (tertiary/aromatic N) is 2. The van der Waals surface area contributed by atoms with Crippen molar-refractivity contribution in [2.75, 3.05) is 0 Å². The number of carboxylic acids is 1. The van der Waals surface area contributed by atoms with Crippen LogP contribution in [0.4, 0.5) is 0 Å². The van der Waals surface area contributed by atoms with Gasteiger partial charge in [0.1, 0.15) is 5.75 Å². The second-order valence-corrected chi connectivity index (χ2v) is 5.38. The summed E-state index contributed by atoms with van der Waals surface area (Å²) >= 11 is 0. The summed E-state index contributed by atoms with van der Waals surface area (Å²) in [6.07, 6.45) is 0. The Balaban J connectivity index is 1.98. The molecular weight excluding hydrogens is 260 g/mol. The van der Waals surface area contributed by atoms with Crippen molar-refractivity contribution in [2.24, 2.45) is 0 Å². The van der Waals surface area contributed by atoms with Crippen LogP contribution in [-0.2, 0) is 12.0 Å². The number of aromatic nitrogens is 2. The molecule has 0 atom stereocenters. The molecule has 2 rings (SSSR count). The average molecular weight is 276 g/mol. The van der Waals surface area contributed by atoms with Gasteiger partial charge in [-0.15, -0.1) is 0 Å². The molecule has 0 radical (unpaired) electrons. The van der Waals surface area contributed by atoms with Gasteiger partial charge in [-0.3, -0.25) is 0 Å². The predicted molar refractivity (Wildman–Crippen MR) is 70.7 cm³/mol. The van der Waals surface area contributed by atoms with Gasteiger partial charge in [-0.1, -0.05) is 25.9 Å². The van der Waals surface area contributed by atoms with Crippen molar-refractivity contribution < 1.29 is 19.2 Å². The molecule has 0 unspecified atom stereocenters. The molecule has 2 aromatic rings. The van der Waals surface area contributed by atoms with E-state index in [1.54, 1.807) is 12.1 Å². The van der Waals surface area contributed by atoms with Crippen LogP contribution in [-0.4, -0.2) is 21.2 Å². The summed E-state index contributed by atoms with van der Waals surface area (Å²) < 4.78 is 10.6. The number of ether oxygens (including phenoxy) is 1. The molecule has 20 heavy (non-hydrogen) atoms. The summed E-state index contributed by atoms with van der Waals surface area (Å²) in [5.74, 6) is 0.594. The summed E-state index contributed by atoms with van der Waals surface area (Å²) in [4.78, 5) is 15.0. The lowest BCUT2D eigenvalue weighted by Gasteiger charge is -2.10. The van der Waals surface area contributed by atoms with Crippen LogP contribution >= 0.6 is 0 Å². The van der Waals surface area contributed by atoms with Crippen molar-refractivity contribution >= 4 is 5.97 Å². The average Bonchev–Trinajstić information content (AvgIpc) is 2.85. The smallest absolute Gasteiger partial charge is 0.335 e. The summed E-state index contributed by atoms with van der Waals surface area (Å²) in [6.45, 7) is 6.12. The number of hydrogen-bond acceptors (Lipinski definition) is 5. The third kappa shape index (κ3) is 3.34. The van der Waals surface area contributed by atoms with Crippen LogP contribution in [0.25, 0.3) is 0 Å². The van der Waals surface area contributed by atoms with E-state index in [1.807, 2.05) is 20.8 Å². The van der Waals surface area contributed by atoms with Gasteiger partial charge in [-0.05, 0) is 24.3 Å². The number of carboxylic acid groups (broad SMARTS) is 1. The second kappa shape index (κ2) is 5.32. The highest BCUT2D eigenvalue weighted by atomic mass is 16.5. The molecule has 6 nitrogen and oxygen atoms in total. The van der Waals surface area contributed by atoms with Gasteiger partial charge in [0.2, 0.25) is 11.7 Å². The number of rotatable bonds is 4. The third-order valence-electron chi connectivity index (χ3n) is 2.58. The molecule has 0 fully saturated rings. The summed E-state index contributed by atoms with van der Waals surface area (Å²) in [7, 11) is 0. The van der Waals surface area contributed by atoms with Crippen molar-refractivity contribution in [3.05, 3.63) is 41.5 Å². The van der Waals surface area contributed by atoms with Gasteiger partial charge in [0.25, 0.3) is 0 Å². The molecular formula is C14H16N2O4. The summed E-state index contributed by atoms with van der Waals surface area (Å²) in [6, 6.07) is 6.14. The summed E-state index contributed by atoms with van der Waals surface area (Å²) in [5, 5.41) is 12.6. The zero-order valence-corrected chi connectivity index (χ0v) is 11.6. The van der Waals surface area contributed by atoms with Crippen molar-refractivity contribution in [1.29, 1.82) is 0 Å². The van der Waals surface area contributed by atoms with Crippen molar-refractivity contribution in [3.8, 4) is 5.75 Å². The Morgan fingerprint density at radius 2 is 1.95 bits per heavy atom. The maximum atomic E-state index is 10.7. The number of aromatic carboxylic acids is 1. The maximum Gasteiger partial charge on any atom is 0.335 e. The lowest BCUT2D eigenvalue weighted by atomic mass is 9.97. The molecule has 0 bridgehead atoms. The first-order valence-electron chi connectivity index (χ1n) is 6.15. The molecule has 0 saturated heterocycles. The first-order chi connectivity index (χ1) is 9.36. The second-order valence-electron chi connectivity index (χ2n) is 5.38. The predicted octanol–water partition coefficient (Wildman–Crippen LogP) is 2.64. The highest BCUT2D eigenvalue weighted by molar-refractivity contribution is 5.87. The molecule has 0 amide bonds. The monoisotopic (exact) mass is 276 g/mol. The van der Waals surface area contributed by atoms with E-state index in [0.717, 1.165) is 0 Å². The molecule has 6 heteroatoms. The van der Waals surface area contributed by atoms with Gasteiger partial charge in [0, 0.05) is 5.41 Å². The van der Waals surface area contributed by atoms with Crippen molar-refractivity contribution in [1.82, 2.24) is 10.1 Å². The van der Waals surface area contributed by atoms with Crippen molar-refractivity contribution in [2.45, 2.75) is 32.8 Å². The standard InChI is InChI=1S/C14H16N2O4/c1-14(2,3)13-15-11(16-20-13)8-19-10-6-4-9(5-7-10)12(17)18/h4-7H,8H2,1-3H3,(H,17,18). The highest BCUT2D eigenvalue weighted by Crippen LogP contribution is 2.20. The SMILES string of the molecule is CC(C)(C)c1nc(COc2ccc(C(=O)O)cc2)no1. The van der Waals surface area contributed by atoms with Crippen LogP contribution in [0.1, 0.15) is 42.8 Å². The third-order valence-corrected chi connectivity index (χ3v) is 2.58. The van der Waals surface area contributed by atoms with Crippen LogP contribution in [0.15, 0.2) is 28.8 Å². The van der Waals surface area contributed by atoms with E-state index >= 15 is 0 Å². The van der Waals surface area contributed by atoms with Crippen molar-refractivity contribution in [3.63, 3.8) is 0 Å². The molecule has 0 saturated carbocycles. The van der Waals surface area contributed by atoms with Gasteiger partial charge >= 0.3 is 5.97 Å².